The predicted octanol–water partition coefficient (Wildman–Crippen LogP) is 3.47. The van der Waals surface area contributed by atoms with Crippen LogP contribution in [0.15, 0.2) is 30.3 Å². The molecule has 0 heterocycles. The zero-order valence-corrected chi connectivity index (χ0v) is 11.4. The highest BCUT2D eigenvalue weighted by Crippen LogP contribution is 2.08. The van der Waals surface area contributed by atoms with E-state index in [-0.39, 0.29) is 18.4 Å². The van der Waals surface area contributed by atoms with Crippen molar-refractivity contribution in [2.24, 2.45) is 5.73 Å². The molecular weight excluding hydrogens is 238 g/mol. The molecule has 0 aliphatic heterocycles. The molecule has 0 radical (unpaired) electrons. The number of thiol groups is 1. The van der Waals surface area contributed by atoms with Gasteiger partial charge in [-0.1, -0.05) is 43.2 Å². The van der Waals surface area contributed by atoms with Gasteiger partial charge in [-0.3, -0.25) is 0 Å². The van der Waals surface area contributed by atoms with Crippen molar-refractivity contribution in [3.8, 4) is 0 Å². The third kappa shape index (κ3) is 7.15. The van der Waals surface area contributed by atoms with Gasteiger partial charge < -0.3 is 5.73 Å². The normalized spacial score (nSPS) is 11.9. The number of unbranched alkanes of at least 4 members (excludes halogenated alkanes) is 2. The number of hydrogen-bond acceptors (Lipinski definition) is 2. The van der Waals surface area contributed by atoms with Gasteiger partial charge in [0.15, 0.2) is 0 Å². The lowest BCUT2D eigenvalue weighted by Crippen LogP contribution is -2.21. The minimum Gasteiger partial charge on any atom is -0.327 e. The van der Waals surface area contributed by atoms with Crippen LogP contribution in [0.25, 0.3) is 0 Å². The Bertz CT molecular complexity index is 253. The summed E-state index contributed by atoms with van der Waals surface area (Å²) in [5.74, 6) is 0.804. The lowest BCUT2D eigenvalue weighted by molar-refractivity contribution is 0.584. The molecule has 0 saturated carbocycles. The Morgan fingerprint density at radius 3 is 2.38 bits per heavy atom. The van der Waals surface area contributed by atoms with Crippen LogP contribution in [0.3, 0.4) is 0 Å². The van der Waals surface area contributed by atoms with Crippen LogP contribution in [0.1, 0.15) is 31.2 Å². The van der Waals surface area contributed by atoms with Crippen molar-refractivity contribution in [3.63, 3.8) is 0 Å². The second-order valence-electron chi connectivity index (χ2n) is 4.03. The van der Waals surface area contributed by atoms with Crippen LogP contribution in [0.4, 0.5) is 0 Å². The van der Waals surface area contributed by atoms with Gasteiger partial charge in [0.25, 0.3) is 0 Å². The average molecular weight is 260 g/mol. The molecule has 0 aliphatic rings. The van der Waals surface area contributed by atoms with Crippen molar-refractivity contribution < 1.29 is 0 Å². The van der Waals surface area contributed by atoms with E-state index in [0.717, 1.165) is 12.2 Å². The molecule has 0 saturated heterocycles. The molecule has 0 amide bonds. The number of halogens is 1. The summed E-state index contributed by atoms with van der Waals surface area (Å²) in [6, 6.07) is 10.9. The Labute approximate surface area is 111 Å². The van der Waals surface area contributed by atoms with Crippen molar-refractivity contribution in [1.29, 1.82) is 0 Å². The molecule has 1 rings (SSSR count). The molecule has 0 fully saturated rings. The molecule has 1 aromatic rings. The maximum atomic E-state index is 5.79. The molecule has 0 aliphatic carbocycles. The lowest BCUT2D eigenvalue weighted by Gasteiger charge is -2.07. The first-order valence-electron chi connectivity index (χ1n) is 5.73. The summed E-state index contributed by atoms with van der Waals surface area (Å²) in [5.41, 5.74) is 7.23. The highest BCUT2D eigenvalue weighted by atomic mass is 35.5. The summed E-state index contributed by atoms with van der Waals surface area (Å²) in [5, 5.41) is 0. The van der Waals surface area contributed by atoms with Gasteiger partial charge in [0, 0.05) is 11.8 Å². The van der Waals surface area contributed by atoms with Crippen molar-refractivity contribution in [3.05, 3.63) is 35.9 Å². The predicted molar refractivity (Wildman–Crippen MR) is 77.7 cm³/mol. The Morgan fingerprint density at radius 1 is 1.06 bits per heavy atom. The van der Waals surface area contributed by atoms with Crippen LogP contribution in [-0.4, -0.2) is 11.8 Å². The van der Waals surface area contributed by atoms with Gasteiger partial charge in [-0.2, -0.15) is 12.6 Å². The monoisotopic (exact) mass is 259 g/mol. The third-order valence-corrected chi connectivity index (χ3v) is 3.09. The highest BCUT2D eigenvalue weighted by molar-refractivity contribution is 7.80. The first-order valence-corrected chi connectivity index (χ1v) is 6.36. The minimum atomic E-state index is 0. The summed E-state index contributed by atoms with van der Waals surface area (Å²) in [4.78, 5) is 0. The molecule has 0 bridgehead atoms. The van der Waals surface area contributed by atoms with Gasteiger partial charge in [0.1, 0.15) is 0 Å². The summed E-state index contributed by atoms with van der Waals surface area (Å²) >= 11 is 4.17. The lowest BCUT2D eigenvalue weighted by atomic mass is 10.0. The Kier molecular flexibility index (Phi) is 9.89. The largest absolute Gasteiger partial charge is 0.327 e. The summed E-state index contributed by atoms with van der Waals surface area (Å²) < 4.78 is 0. The zero-order chi connectivity index (χ0) is 10.9. The smallest absolute Gasteiger partial charge is 0.0127 e. The second-order valence-corrected chi connectivity index (χ2v) is 4.39. The van der Waals surface area contributed by atoms with E-state index in [2.05, 4.69) is 43.0 Å². The highest BCUT2D eigenvalue weighted by Gasteiger charge is 1.98. The number of benzene rings is 1. The molecule has 1 atom stereocenters. The van der Waals surface area contributed by atoms with E-state index in [1.165, 1.54) is 31.2 Å². The maximum absolute atomic E-state index is 5.79. The van der Waals surface area contributed by atoms with Crippen LogP contribution in [0.2, 0.25) is 0 Å². The fourth-order valence-electron chi connectivity index (χ4n) is 1.65. The number of aryl methyl sites for hydroxylation is 1. The van der Waals surface area contributed by atoms with E-state index < -0.39 is 0 Å². The molecule has 0 spiro atoms. The molecule has 1 unspecified atom stereocenters. The molecular formula is C13H22ClNS. The quantitative estimate of drug-likeness (QED) is 0.569. The Hall–Kier alpha value is -0.180. The first-order chi connectivity index (χ1) is 7.33. The minimum absolute atomic E-state index is 0. The molecule has 1 nitrogen and oxygen atoms in total. The van der Waals surface area contributed by atoms with E-state index in [9.17, 15) is 0 Å². The van der Waals surface area contributed by atoms with E-state index in [1.54, 1.807) is 0 Å². The molecule has 3 heteroatoms. The fraction of sp³-hybridized carbons (Fsp3) is 0.538. The summed E-state index contributed by atoms with van der Waals surface area (Å²) in [7, 11) is 0. The molecule has 92 valence electrons. The van der Waals surface area contributed by atoms with E-state index in [4.69, 9.17) is 5.73 Å². The van der Waals surface area contributed by atoms with Gasteiger partial charge in [-0.25, -0.2) is 0 Å². The van der Waals surface area contributed by atoms with E-state index >= 15 is 0 Å². The van der Waals surface area contributed by atoms with Crippen LogP contribution in [0.5, 0.6) is 0 Å². The second kappa shape index (κ2) is 10.0. The van der Waals surface area contributed by atoms with Crippen LogP contribution in [-0.2, 0) is 6.42 Å². The number of hydrogen-bond donors (Lipinski definition) is 2. The number of nitrogens with two attached hydrogens (primary N) is 1. The fourth-order valence-corrected chi connectivity index (χ4v) is 1.83. The number of rotatable bonds is 7. The van der Waals surface area contributed by atoms with Crippen molar-refractivity contribution in [2.45, 2.75) is 38.1 Å². The van der Waals surface area contributed by atoms with Crippen LogP contribution < -0.4 is 5.73 Å². The van der Waals surface area contributed by atoms with Crippen molar-refractivity contribution >= 4 is 25.0 Å². The molecule has 2 N–H and O–H groups in total. The summed E-state index contributed by atoms with van der Waals surface area (Å²) in [6.07, 6.45) is 6.07. The Balaban J connectivity index is 0.00000225. The maximum Gasteiger partial charge on any atom is 0.0127 e. The van der Waals surface area contributed by atoms with Crippen molar-refractivity contribution in [1.82, 2.24) is 0 Å². The molecule has 0 aromatic heterocycles. The van der Waals surface area contributed by atoms with Crippen molar-refractivity contribution in [2.75, 3.05) is 5.75 Å². The van der Waals surface area contributed by atoms with Gasteiger partial charge in [0.05, 0.1) is 0 Å². The topological polar surface area (TPSA) is 26.0 Å². The van der Waals surface area contributed by atoms with E-state index in [1.807, 2.05) is 0 Å². The standard InChI is InChI=1S/C13H21NS.ClH/c14-13(11-15)10-6-2-5-9-12-7-3-1-4-8-12;/h1,3-4,7-8,13,15H,2,5-6,9-11,14H2;1H. The first kappa shape index (κ1) is 15.8. The van der Waals surface area contributed by atoms with Gasteiger partial charge in [0.2, 0.25) is 0 Å². The SMILES string of the molecule is Cl.NC(CS)CCCCCc1ccccc1. The average Bonchev–Trinajstić information content (AvgIpc) is 2.29. The molecule has 1 aromatic carbocycles. The van der Waals surface area contributed by atoms with Gasteiger partial charge in [-0.15, -0.1) is 12.4 Å². The van der Waals surface area contributed by atoms with Crippen LogP contribution >= 0.6 is 25.0 Å². The van der Waals surface area contributed by atoms with Gasteiger partial charge in [-0.05, 0) is 24.8 Å². The Morgan fingerprint density at radius 2 is 1.75 bits per heavy atom. The van der Waals surface area contributed by atoms with Crippen LogP contribution in [0, 0.1) is 0 Å². The van der Waals surface area contributed by atoms with E-state index in [0.29, 0.717) is 0 Å². The third-order valence-electron chi connectivity index (χ3n) is 2.62. The summed E-state index contributed by atoms with van der Waals surface area (Å²) in [6.45, 7) is 0. The molecule has 16 heavy (non-hydrogen) atoms. The zero-order valence-electron chi connectivity index (χ0n) is 9.64. The van der Waals surface area contributed by atoms with Gasteiger partial charge >= 0.3 is 0 Å².